The monoisotopic (exact) mass is 388 g/mol. The fraction of sp³-hybridized carbons (Fsp3) is 0.263. The van der Waals surface area contributed by atoms with Gasteiger partial charge in [-0.15, -0.1) is 10.2 Å². The van der Waals surface area contributed by atoms with Crippen molar-refractivity contribution in [1.29, 1.82) is 0 Å². The highest BCUT2D eigenvalue weighted by atomic mass is 35.5. The highest BCUT2D eigenvalue weighted by Crippen LogP contribution is 2.39. The lowest BCUT2D eigenvalue weighted by Gasteiger charge is -2.10. The van der Waals surface area contributed by atoms with Crippen molar-refractivity contribution in [3.8, 4) is 23.0 Å². The van der Waals surface area contributed by atoms with E-state index in [-0.39, 0.29) is 0 Å². The molecule has 0 spiro atoms. The molecule has 3 aromatic rings. The molecule has 5 nitrogen and oxygen atoms in total. The minimum atomic E-state index is 0.518. The zero-order valence-corrected chi connectivity index (χ0v) is 15.8. The topological polar surface area (TPSA) is 57.4 Å². The van der Waals surface area contributed by atoms with Gasteiger partial charge in [-0.05, 0) is 36.8 Å². The van der Waals surface area contributed by atoms with Gasteiger partial charge in [0.25, 0.3) is 5.22 Å². The van der Waals surface area contributed by atoms with E-state index in [9.17, 15) is 0 Å². The molecule has 0 atom stereocenters. The van der Waals surface area contributed by atoms with Crippen LogP contribution in [0.3, 0.4) is 0 Å². The fourth-order valence-electron chi connectivity index (χ4n) is 2.68. The summed E-state index contributed by atoms with van der Waals surface area (Å²) < 4.78 is 17.1. The van der Waals surface area contributed by atoms with Crippen LogP contribution in [-0.2, 0) is 5.75 Å². The van der Waals surface area contributed by atoms with Crippen LogP contribution >= 0.6 is 23.4 Å². The second kappa shape index (κ2) is 7.60. The number of rotatable bonds is 4. The van der Waals surface area contributed by atoms with Crippen molar-refractivity contribution in [2.45, 2.75) is 24.3 Å². The quantitative estimate of drug-likeness (QED) is 0.576. The summed E-state index contributed by atoms with van der Waals surface area (Å²) in [5.74, 6) is 2.48. The Morgan fingerprint density at radius 2 is 2.00 bits per heavy atom. The van der Waals surface area contributed by atoms with Crippen molar-refractivity contribution in [2.24, 2.45) is 0 Å². The van der Waals surface area contributed by atoms with Crippen LogP contribution in [0.1, 0.15) is 17.5 Å². The Balaban J connectivity index is 1.48. The van der Waals surface area contributed by atoms with E-state index < -0.39 is 0 Å². The Hall–Kier alpha value is -2.18. The first-order valence-electron chi connectivity index (χ1n) is 8.30. The molecule has 0 fully saturated rings. The first-order chi connectivity index (χ1) is 12.7. The van der Waals surface area contributed by atoms with Gasteiger partial charge >= 0.3 is 0 Å². The lowest BCUT2D eigenvalue weighted by atomic mass is 10.1. The van der Waals surface area contributed by atoms with Crippen molar-refractivity contribution in [2.75, 3.05) is 13.2 Å². The summed E-state index contributed by atoms with van der Waals surface area (Å²) in [5, 5.41) is 9.33. The van der Waals surface area contributed by atoms with Gasteiger partial charge in [-0.2, -0.15) is 0 Å². The van der Waals surface area contributed by atoms with E-state index in [1.807, 2.05) is 43.3 Å². The lowest BCUT2D eigenvalue weighted by molar-refractivity contribution is 0.297. The first-order valence-corrected chi connectivity index (χ1v) is 9.67. The summed E-state index contributed by atoms with van der Waals surface area (Å²) >= 11 is 7.80. The molecule has 0 N–H and O–H groups in total. The van der Waals surface area contributed by atoms with Crippen LogP contribution in [0.5, 0.6) is 11.5 Å². The number of hydrogen-bond donors (Lipinski definition) is 0. The maximum Gasteiger partial charge on any atom is 0.277 e. The molecule has 2 heterocycles. The summed E-state index contributed by atoms with van der Waals surface area (Å²) in [6.07, 6.45) is 0.846. The Morgan fingerprint density at radius 3 is 2.88 bits per heavy atom. The summed E-state index contributed by atoms with van der Waals surface area (Å²) in [7, 11) is 0. The molecule has 7 heteroatoms. The Bertz CT molecular complexity index is 929. The molecule has 2 aromatic carbocycles. The van der Waals surface area contributed by atoms with Gasteiger partial charge in [0.05, 0.1) is 18.2 Å². The van der Waals surface area contributed by atoms with Crippen molar-refractivity contribution < 1.29 is 13.9 Å². The number of aromatic nitrogens is 2. The van der Waals surface area contributed by atoms with E-state index in [2.05, 4.69) is 10.2 Å². The molecule has 0 radical (unpaired) electrons. The van der Waals surface area contributed by atoms with Crippen LogP contribution in [0.25, 0.3) is 11.5 Å². The third-order valence-electron chi connectivity index (χ3n) is 3.90. The number of hydrogen-bond acceptors (Lipinski definition) is 6. The molecule has 0 amide bonds. The Morgan fingerprint density at radius 1 is 1.12 bits per heavy atom. The van der Waals surface area contributed by atoms with Crippen molar-refractivity contribution in [1.82, 2.24) is 10.2 Å². The SMILES string of the molecule is Cc1cccc(-c2nnc(SCc3cc(Cl)c4c(c3)OCCCO4)o2)c1. The van der Waals surface area contributed by atoms with E-state index in [0.717, 1.165) is 23.1 Å². The molecular weight excluding hydrogens is 372 g/mol. The van der Waals surface area contributed by atoms with Gasteiger partial charge in [-0.3, -0.25) is 0 Å². The van der Waals surface area contributed by atoms with Gasteiger partial charge in [0.1, 0.15) is 0 Å². The summed E-state index contributed by atoms with van der Waals surface area (Å²) in [6.45, 7) is 3.28. The smallest absolute Gasteiger partial charge is 0.277 e. The molecule has 1 aliphatic rings. The number of nitrogens with zero attached hydrogens (tertiary/aromatic N) is 2. The summed E-state index contributed by atoms with van der Waals surface area (Å²) in [5.41, 5.74) is 3.08. The molecule has 1 aromatic heterocycles. The van der Waals surface area contributed by atoms with Crippen LogP contribution in [0.2, 0.25) is 5.02 Å². The number of halogens is 1. The molecule has 0 bridgehead atoms. The summed E-state index contributed by atoms with van der Waals surface area (Å²) in [4.78, 5) is 0. The van der Waals surface area contributed by atoms with Gasteiger partial charge in [0, 0.05) is 17.7 Å². The first kappa shape index (κ1) is 17.2. The maximum atomic E-state index is 6.33. The molecular formula is C19H17ClN2O3S. The standard InChI is InChI=1S/C19H17ClN2O3S/c1-12-4-2-5-14(8-12)18-21-22-19(25-18)26-11-13-9-15(20)17-16(10-13)23-6-3-7-24-17/h2,4-5,8-10H,3,6-7,11H2,1H3. The van der Waals surface area contributed by atoms with Crippen LogP contribution < -0.4 is 9.47 Å². The lowest BCUT2D eigenvalue weighted by Crippen LogP contribution is -1.97. The van der Waals surface area contributed by atoms with Crippen molar-refractivity contribution in [3.63, 3.8) is 0 Å². The van der Waals surface area contributed by atoms with Crippen LogP contribution in [-0.4, -0.2) is 23.4 Å². The van der Waals surface area contributed by atoms with E-state index in [1.165, 1.54) is 11.8 Å². The minimum absolute atomic E-state index is 0.518. The molecule has 0 saturated carbocycles. The number of thioether (sulfide) groups is 1. The van der Waals surface area contributed by atoms with Crippen LogP contribution in [0, 0.1) is 6.92 Å². The molecule has 26 heavy (non-hydrogen) atoms. The molecule has 0 aliphatic carbocycles. The largest absolute Gasteiger partial charge is 0.489 e. The van der Waals surface area contributed by atoms with E-state index >= 15 is 0 Å². The minimum Gasteiger partial charge on any atom is -0.489 e. The number of fused-ring (bicyclic) bond motifs is 1. The highest BCUT2D eigenvalue weighted by Gasteiger charge is 2.16. The fourth-order valence-corrected chi connectivity index (χ4v) is 3.66. The Labute approximate surface area is 160 Å². The van der Waals surface area contributed by atoms with Crippen LogP contribution in [0.4, 0.5) is 0 Å². The zero-order chi connectivity index (χ0) is 17.9. The van der Waals surface area contributed by atoms with Gasteiger partial charge in [-0.1, -0.05) is 41.1 Å². The van der Waals surface area contributed by atoms with Crippen molar-refractivity contribution >= 4 is 23.4 Å². The van der Waals surface area contributed by atoms with E-state index in [1.54, 1.807) is 0 Å². The second-order valence-electron chi connectivity index (χ2n) is 5.99. The molecule has 0 saturated heterocycles. The molecule has 134 valence electrons. The summed E-state index contributed by atoms with van der Waals surface area (Å²) in [6, 6.07) is 11.8. The molecule has 4 rings (SSSR count). The van der Waals surface area contributed by atoms with Crippen molar-refractivity contribution in [3.05, 3.63) is 52.5 Å². The molecule has 0 unspecified atom stereocenters. The zero-order valence-electron chi connectivity index (χ0n) is 14.2. The number of benzene rings is 2. The highest BCUT2D eigenvalue weighted by molar-refractivity contribution is 7.98. The predicted octanol–water partition coefficient (Wildman–Crippen LogP) is 5.15. The normalized spacial score (nSPS) is 13.5. The van der Waals surface area contributed by atoms with Crippen LogP contribution in [0.15, 0.2) is 46.0 Å². The van der Waals surface area contributed by atoms with E-state index in [0.29, 0.717) is 46.6 Å². The second-order valence-corrected chi connectivity index (χ2v) is 7.32. The molecule has 1 aliphatic heterocycles. The Kier molecular flexibility index (Phi) is 5.04. The van der Waals surface area contributed by atoms with Gasteiger partial charge < -0.3 is 13.9 Å². The third-order valence-corrected chi connectivity index (χ3v) is 5.07. The average Bonchev–Trinajstić information content (AvgIpc) is 2.98. The van der Waals surface area contributed by atoms with Gasteiger partial charge in [0.15, 0.2) is 11.5 Å². The predicted molar refractivity (Wildman–Crippen MR) is 101 cm³/mol. The number of ether oxygens (including phenoxy) is 2. The third kappa shape index (κ3) is 3.81. The van der Waals surface area contributed by atoms with Gasteiger partial charge in [0.2, 0.25) is 5.89 Å². The maximum absolute atomic E-state index is 6.33. The number of aryl methyl sites for hydroxylation is 1. The van der Waals surface area contributed by atoms with E-state index in [4.69, 9.17) is 25.5 Å². The average molecular weight is 389 g/mol. The van der Waals surface area contributed by atoms with Gasteiger partial charge in [-0.25, -0.2) is 0 Å².